The van der Waals surface area contributed by atoms with Gasteiger partial charge in [-0.3, -0.25) is 4.79 Å². The first-order valence-electron chi connectivity index (χ1n) is 5.95. The maximum Gasteiger partial charge on any atom is 0.237 e. The van der Waals surface area contributed by atoms with E-state index in [2.05, 4.69) is 10.6 Å². The molecule has 0 aromatic rings. The lowest BCUT2D eigenvalue weighted by Gasteiger charge is -2.22. The van der Waals surface area contributed by atoms with Gasteiger partial charge in [-0.2, -0.15) is 0 Å². The van der Waals surface area contributed by atoms with Crippen LogP contribution in [0.1, 0.15) is 34.1 Å². The van der Waals surface area contributed by atoms with Crippen LogP contribution < -0.4 is 10.6 Å². The quantitative estimate of drug-likeness (QED) is 0.446. The van der Waals surface area contributed by atoms with Crippen molar-refractivity contribution in [3.05, 3.63) is 0 Å². The minimum Gasteiger partial charge on any atom is -0.353 e. The Bertz CT molecular complexity index is 257. The van der Waals surface area contributed by atoms with E-state index < -0.39 is 11.1 Å². The molecule has 17 heavy (non-hydrogen) atoms. The van der Waals surface area contributed by atoms with Gasteiger partial charge in [0.15, 0.2) is 11.1 Å². The van der Waals surface area contributed by atoms with Crippen molar-refractivity contribution >= 4 is 17.0 Å². The number of carbonyl (C=O) groups excluding carboxylic acids is 1. The fourth-order valence-corrected chi connectivity index (χ4v) is 1.85. The Kier molecular flexibility index (Phi) is 8.37. The van der Waals surface area contributed by atoms with Gasteiger partial charge >= 0.3 is 0 Å². The van der Waals surface area contributed by atoms with Gasteiger partial charge in [-0.15, -0.1) is 0 Å². The molecule has 0 aliphatic heterocycles. The molecule has 102 valence electrons. The smallest absolute Gasteiger partial charge is 0.237 e. The molecule has 0 bridgehead atoms. The molecule has 0 saturated heterocycles. The summed E-state index contributed by atoms with van der Waals surface area (Å²) in [4.78, 5) is 11.8. The fourth-order valence-electron chi connectivity index (χ4n) is 1.46. The van der Waals surface area contributed by atoms with E-state index in [1.165, 1.54) is 0 Å². The van der Waals surface area contributed by atoms with Gasteiger partial charge in [0.2, 0.25) is 5.91 Å². The number of amides is 1. The van der Waals surface area contributed by atoms with Crippen LogP contribution in [0.15, 0.2) is 0 Å². The fraction of sp³-hybridized carbons (Fsp3) is 0.909. The first-order valence-corrected chi connectivity index (χ1v) is 7.23. The van der Waals surface area contributed by atoms with Crippen molar-refractivity contribution in [2.75, 3.05) is 12.3 Å². The molecule has 0 aromatic carbocycles. The lowest BCUT2D eigenvalue weighted by atomic mass is 10.0. The van der Waals surface area contributed by atoms with E-state index in [4.69, 9.17) is 4.55 Å². The van der Waals surface area contributed by atoms with Crippen LogP contribution in [0.3, 0.4) is 0 Å². The Labute approximate surface area is 106 Å². The highest BCUT2D eigenvalue weighted by molar-refractivity contribution is 7.79. The first kappa shape index (κ1) is 16.5. The largest absolute Gasteiger partial charge is 0.353 e. The Morgan fingerprint density at radius 3 is 2.29 bits per heavy atom. The molecule has 0 aromatic heterocycles. The molecule has 0 aliphatic carbocycles. The van der Waals surface area contributed by atoms with Crippen LogP contribution in [0.25, 0.3) is 0 Å². The standard InChI is InChI=1S/C11H24N2O3S/c1-8(2)10(11(14)13-9(3)4)12-6-5-7-17(15)16/h8-10,12H,5-7H2,1-4H3,(H,13,14)(H,15,16). The SMILES string of the molecule is CC(C)NC(=O)C(NCCCS(=O)O)C(C)C. The van der Waals surface area contributed by atoms with E-state index >= 15 is 0 Å². The second-order valence-electron chi connectivity index (χ2n) is 4.72. The Morgan fingerprint density at radius 1 is 1.29 bits per heavy atom. The number of hydrogen-bond acceptors (Lipinski definition) is 3. The molecule has 0 heterocycles. The molecule has 0 saturated carbocycles. The van der Waals surface area contributed by atoms with Gasteiger partial charge < -0.3 is 15.2 Å². The summed E-state index contributed by atoms with van der Waals surface area (Å²) in [5, 5.41) is 5.99. The van der Waals surface area contributed by atoms with Crippen LogP contribution in [0.2, 0.25) is 0 Å². The Morgan fingerprint density at radius 2 is 1.88 bits per heavy atom. The normalized spacial score (nSPS) is 15.0. The highest BCUT2D eigenvalue weighted by Gasteiger charge is 2.21. The molecule has 0 radical (unpaired) electrons. The maximum atomic E-state index is 11.8. The summed E-state index contributed by atoms with van der Waals surface area (Å²) in [7, 11) is 0. The van der Waals surface area contributed by atoms with Crippen molar-refractivity contribution in [1.82, 2.24) is 10.6 Å². The summed E-state index contributed by atoms with van der Waals surface area (Å²) in [5.74, 6) is 0.414. The third-order valence-corrected chi connectivity index (χ3v) is 2.88. The van der Waals surface area contributed by atoms with Gasteiger partial charge in [-0.05, 0) is 32.7 Å². The number of rotatable bonds is 8. The van der Waals surface area contributed by atoms with Crippen LogP contribution in [0.5, 0.6) is 0 Å². The van der Waals surface area contributed by atoms with Gasteiger partial charge in [0, 0.05) is 6.04 Å². The highest BCUT2D eigenvalue weighted by Crippen LogP contribution is 2.02. The zero-order valence-electron chi connectivity index (χ0n) is 11.0. The summed E-state index contributed by atoms with van der Waals surface area (Å²) in [5.41, 5.74) is 0. The van der Waals surface area contributed by atoms with Crippen LogP contribution in [-0.2, 0) is 15.9 Å². The summed E-state index contributed by atoms with van der Waals surface area (Å²) < 4.78 is 19.1. The minimum atomic E-state index is -1.75. The van der Waals surface area contributed by atoms with Gasteiger partial charge in [0.1, 0.15) is 0 Å². The van der Waals surface area contributed by atoms with Gasteiger partial charge in [0.25, 0.3) is 0 Å². The molecule has 6 heteroatoms. The molecule has 3 N–H and O–H groups in total. The van der Waals surface area contributed by atoms with E-state index in [-0.39, 0.29) is 29.7 Å². The van der Waals surface area contributed by atoms with Crippen molar-refractivity contribution in [3.63, 3.8) is 0 Å². The van der Waals surface area contributed by atoms with E-state index in [9.17, 15) is 9.00 Å². The Hall–Kier alpha value is -0.460. The van der Waals surface area contributed by atoms with Gasteiger partial charge in [-0.1, -0.05) is 13.8 Å². The molecule has 0 rings (SSSR count). The molecule has 0 aliphatic rings. The molecule has 2 unspecified atom stereocenters. The molecule has 0 spiro atoms. The third-order valence-electron chi connectivity index (χ3n) is 2.24. The van der Waals surface area contributed by atoms with Crippen molar-refractivity contribution in [2.45, 2.75) is 46.2 Å². The predicted octanol–water partition coefficient (Wildman–Crippen LogP) is 0.737. The summed E-state index contributed by atoms with van der Waals surface area (Å²) in [6.45, 7) is 8.36. The minimum absolute atomic E-state index is 0.0138. The summed E-state index contributed by atoms with van der Waals surface area (Å²) >= 11 is -1.75. The third kappa shape index (κ3) is 8.29. The van der Waals surface area contributed by atoms with Crippen LogP contribution in [-0.4, -0.2) is 39.1 Å². The van der Waals surface area contributed by atoms with Gasteiger partial charge in [0.05, 0.1) is 11.8 Å². The van der Waals surface area contributed by atoms with Crippen LogP contribution in [0, 0.1) is 5.92 Å². The number of nitrogens with one attached hydrogen (secondary N) is 2. The summed E-state index contributed by atoms with van der Waals surface area (Å²) in [6.07, 6.45) is 0.585. The van der Waals surface area contributed by atoms with Crippen molar-refractivity contribution in [2.24, 2.45) is 5.92 Å². The topological polar surface area (TPSA) is 78.4 Å². The van der Waals surface area contributed by atoms with Crippen molar-refractivity contribution < 1.29 is 13.6 Å². The average Bonchev–Trinajstić information content (AvgIpc) is 2.14. The van der Waals surface area contributed by atoms with E-state index in [0.717, 1.165) is 0 Å². The van der Waals surface area contributed by atoms with E-state index in [1.54, 1.807) is 0 Å². The van der Waals surface area contributed by atoms with E-state index in [1.807, 2.05) is 27.7 Å². The van der Waals surface area contributed by atoms with Crippen molar-refractivity contribution in [1.29, 1.82) is 0 Å². The zero-order chi connectivity index (χ0) is 13.4. The maximum absolute atomic E-state index is 11.8. The molecule has 2 atom stereocenters. The number of carbonyl (C=O) groups is 1. The second-order valence-corrected chi connectivity index (χ2v) is 5.77. The van der Waals surface area contributed by atoms with Crippen molar-refractivity contribution in [3.8, 4) is 0 Å². The molecule has 5 nitrogen and oxygen atoms in total. The zero-order valence-corrected chi connectivity index (χ0v) is 11.8. The summed E-state index contributed by atoms with van der Waals surface area (Å²) in [6, 6.07) is -0.125. The van der Waals surface area contributed by atoms with Crippen LogP contribution in [0.4, 0.5) is 0 Å². The van der Waals surface area contributed by atoms with E-state index in [0.29, 0.717) is 13.0 Å². The predicted molar refractivity (Wildman–Crippen MR) is 70.2 cm³/mol. The highest BCUT2D eigenvalue weighted by atomic mass is 32.2. The lowest BCUT2D eigenvalue weighted by Crippen LogP contribution is -2.49. The molecule has 1 amide bonds. The Balaban J connectivity index is 4.07. The average molecular weight is 264 g/mol. The monoisotopic (exact) mass is 264 g/mol. The lowest BCUT2D eigenvalue weighted by molar-refractivity contribution is -0.124. The first-order chi connectivity index (χ1) is 7.84. The number of hydrogen-bond donors (Lipinski definition) is 3. The molecular weight excluding hydrogens is 240 g/mol. The van der Waals surface area contributed by atoms with Crippen LogP contribution >= 0.6 is 0 Å². The second kappa shape index (κ2) is 8.60. The van der Waals surface area contributed by atoms with Gasteiger partial charge in [-0.25, -0.2) is 4.21 Å². The molecule has 0 fully saturated rings. The molecular formula is C11H24N2O3S.